The molecular weight excluding hydrogens is 222 g/mol. The first-order valence-electron chi connectivity index (χ1n) is 6.33. The molecule has 0 fully saturated rings. The summed E-state index contributed by atoms with van der Waals surface area (Å²) in [4.78, 5) is 0. The fourth-order valence-corrected chi connectivity index (χ4v) is 2.49. The van der Waals surface area contributed by atoms with Crippen LogP contribution in [0.25, 0.3) is 5.69 Å². The Morgan fingerprint density at radius 3 is 2.11 bits per heavy atom. The molecule has 0 bridgehead atoms. The zero-order valence-corrected chi connectivity index (χ0v) is 11.8. The van der Waals surface area contributed by atoms with Crippen molar-refractivity contribution in [3.63, 3.8) is 0 Å². The van der Waals surface area contributed by atoms with E-state index in [0.29, 0.717) is 11.7 Å². The van der Waals surface area contributed by atoms with Crippen LogP contribution in [0.2, 0.25) is 0 Å². The lowest BCUT2D eigenvalue weighted by Crippen LogP contribution is -2.02. The summed E-state index contributed by atoms with van der Waals surface area (Å²) in [6.07, 6.45) is 2.05. The van der Waals surface area contributed by atoms with Crippen molar-refractivity contribution in [1.82, 2.24) is 9.78 Å². The molecule has 0 unspecified atom stereocenters. The third-order valence-corrected chi connectivity index (χ3v) is 3.26. The molecule has 2 rings (SSSR count). The Kier molecular flexibility index (Phi) is 3.16. The maximum Gasteiger partial charge on any atom is 0.149 e. The zero-order valence-electron chi connectivity index (χ0n) is 11.8. The Labute approximate surface area is 109 Å². The van der Waals surface area contributed by atoms with E-state index in [4.69, 9.17) is 5.73 Å². The van der Waals surface area contributed by atoms with Crippen molar-refractivity contribution >= 4 is 5.82 Å². The molecule has 0 amide bonds. The van der Waals surface area contributed by atoms with Gasteiger partial charge in [-0.05, 0) is 37.8 Å². The standard InChI is InChI=1S/C15H21N3/c1-9(2)13-8-18(17-15(13)16)14-11(4)6-10(3)7-12(14)5/h6-9H,1-5H3,(H2,16,17). The Balaban J connectivity index is 2.59. The second-order valence-corrected chi connectivity index (χ2v) is 5.32. The predicted octanol–water partition coefficient (Wildman–Crippen LogP) is 3.50. The molecule has 0 atom stereocenters. The summed E-state index contributed by atoms with van der Waals surface area (Å²) in [5.41, 5.74) is 12.0. The van der Waals surface area contributed by atoms with Crippen molar-refractivity contribution in [1.29, 1.82) is 0 Å². The summed E-state index contributed by atoms with van der Waals surface area (Å²) in [5.74, 6) is 1.02. The van der Waals surface area contributed by atoms with Crippen molar-refractivity contribution in [2.24, 2.45) is 0 Å². The molecule has 0 aliphatic carbocycles. The molecule has 0 spiro atoms. The zero-order chi connectivity index (χ0) is 13.4. The predicted molar refractivity (Wildman–Crippen MR) is 76.3 cm³/mol. The van der Waals surface area contributed by atoms with Gasteiger partial charge in [-0.3, -0.25) is 0 Å². The first-order valence-corrected chi connectivity index (χ1v) is 6.33. The fraction of sp³-hybridized carbons (Fsp3) is 0.400. The molecule has 2 aromatic rings. The fourth-order valence-electron chi connectivity index (χ4n) is 2.49. The van der Waals surface area contributed by atoms with Crippen LogP contribution >= 0.6 is 0 Å². The van der Waals surface area contributed by atoms with Gasteiger partial charge in [0.25, 0.3) is 0 Å². The Bertz CT molecular complexity index is 556. The van der Waals surface area contributed by atoms with Gasteiger partial charge in [-0.15, -0.1) is 0 Å². The van der Waals surface area contributed by atoms with Gasteiger partial charge in [-0.1, -0.05) is 31.5 Å². The van der Waals surface area contributed by atoms with Crippen LogP contribution in [0, 0.1) is 20.8 Å². The highest BCUT2D eigenvalue weighted by molar-refractivity contribution is 5.51. The van der Waals surface area contributed by atoms with E-state index in [9.17, 15) is 0 Å². The molecule has 0 radical (unpaired) electrons. The highest BCUT2D eigenvalue weighted by Crippen LogP contribution is 2.25. The highest BCUT2D eigenvalue weighted by Gasteiger charge is 2.13. The lowest BCUT2D eigenvalue weighted by molar-refractivity contribution is 0.851. The summed E-state index contributed by atoms with van der Waals surface area (Å²) in [7, 11) is 0. The molecule has 3 nitrogen and oxygen atoms in total. The topological polar surface area (TPSA) is 43.8 Å². The third kappa shape index (κ3) is 2.13. The molecule has 1 heterocycles. The van der Waals surface area contributed by atoms with Crippen LogP contribution < -0.4 is 5.73 Å². The minimum absolute atomic E-state index is 0.393. The van der Waals surface area contributed by atoms with Crippen molar-refractivity contribution in [2.75, 3.05) is 5.73 Å². The van der Waals surface area contributed by atoms with Gasteiger partial charge in [0.2, 0.25) is 0 Å². The smallest absolute Gasteiger partial charge is 0.149 e. The van der Waals surface area contributed by atoms with Crippen LogP contribution in [0.3, 0.4) is 0 Å². The number of nitrogen functional groups attached to an aromatic ring is 1. The molecule has 1 aromatic carbocycles. The van der Waals surface area contributed by atoms with Gasteiger partial charge in [-0.2, -0.15) is 5.10 Å². The quantitative estimate of drug-likeness (QED) is 0.877. The third-order valence-electron chi connectivity index (χ3n) is 3.26. The van der Waals surface area contributed by atoms with E-state index in [1.165, 1.54) is 16.7 Å². The van der Waals surface area contributed by atoms with E-state index in [-0.39, 0.29) is 0 Å². The number of anilines is 1. The van der Waals surface area contributed by atoms with E-state index >= 15 is 0 Å². The molecule has 96 valence electrons. The largest absolute Gasteiger partial charge is 0.382 e. The highest BCUT2D eigenvalue weighted by atomic mass is 15.3. The molecular formula is C15H21N3. The summed E-state index contributed by atoms with van der Waals surface area (Å²) in [5, 5.41) is 4.45. The Morgan fingerprint density at radius 2 is 1.67 bits per heavy atom. The van der Waals surface area contributed by atoms with Crippen molar-refractivity contribution in [2.45, 2.75) is 40.5 Å². The van der Waals surface area contributed by atoms with E-state index < -0.39 is 0 Å². The van der Waals surface area contributed by atoms with Gasteiger partial charge in [0.15, 0.2) is 0 Å². The van der Waals surface area contributed by atoms with Crippen LogP contribution in [0.4, 0.5) is 5.82 Å². The van der Waals surface area contributed by atoms with Crippen molar-refractivity contribution in [3.8, 4) is 5.69 Å². The molecule has 0 saturated heterocycles. The van der Waals surface area contributed by atoms with Gasteiger partial charge < -0.3 is 5.73 Å². The average Bonchev–Trinajstić information content (AvgIpc) is 2.58. The summed E-state index contributed by atoms with van der Waals surface area (Å²) in [6, 6.07) is 4.35. The summed E-state index contributed by atoms with van der Waals surface area (Å²) in [6.45, 7) is 10.6. The number of nitrogens with zero attached hydrogens (tertiary/aromatic N) is 2. The average molecular weight is 243 g/mol. The molecule has 0 aliphatic heterocycles. The minimum Gasteiger partial charge on any atom is -0.382 e. The van der Waals surface area contributed by atoms with Gasteiger partial charge in [0, 0.05) is 11.8 Å². The second-order valence-electron chi connectivity index (χ2n) is 5.32. The molecule has 18 heavy (non-hydrogen) atoms. The van der Waals surface area contributed by atoms with Crippen LogP contribution in [0.15, 0.2) is 18.3 Å². The number of aryl methyl sites for hydroxylation is 3. The van der Waals surface area contributed by atoms with E-state index in [1.54, 1.807) is 0 Å². The van der Waals surface area contributed by atoms with Crippen molar-refractivity contribution in [3.05, 3.63) is 40.6 Å². The van der Waals surface area contributed by atoms with Gasteiger partial charge in [-0.25, -0.2) is 4.68 Å². The normalized spacial score (nSPS) is 11.2. The van der Waals surface area contributed by atoms with Crippen LogP contribution in [-0.2, 0) is 0 Å². The van der Waals surface area contributed by atoms with Gasteiger partial charge >= 0.3 is 0 Å². The van der Waals surface area contributed by atoms with Crippen LogP contribution in [-0.4, -0.2) is 9.78 Å². The molecule has 3 heteroatoms. The monoisotopic (exact) mass is 243 g/mol. The summed E-state index contributed by atoms with van der Waals surface area (Å²) < 4.78 is 1.91. The number of hydrogen-bond acceptors (Lipinski definition) is 2. The second kappa shape index (κ2) is 4.48. The Morgan fingerprint density at radius 1 is 1.11 bits per heavy atom. The molecule has 2 N–H and O–H groups in total. The number of hydrogen-bond donors (Lipinski definition) is 1. The number of benzene rings is 1. The molecule has 1 aromatic heterocycles. The van der Waals surface area contributed by atoms with Gasteiger partial charge in [0.05, 0.1) is 5.69 Å². The minimum atomic E-state index is 0.393. The first-order chi connectivity index (χ1) is 8.40. The molecule has 0 saturated carbocycles. The SMILES string of the molecule is Cc1cc(C)c(-n2cc(C(C)C)c(N)n2)c(C)c1. The number of rotatable bonds is 2. The number of aromatic nitrogens is 2. The lowest BCUT2D eigenvalue weighted by Gasteiger charge is -2.11. The van der Waals surface area contributed by atoms with Crippen LogP contribution in [0.5, 0.6) is 0 Å². The first kappa shape index (κ1) is 12.7. The lowest BCUT2D eigenvalue weighted by atomic mass is 10.0. The maximum atomic E-state index is 5.98. The Hall–Kier alpha value is -1.77. The molecule has 0 aliphatic rings. The van der Waals surface area contributed by atoms with Crippen LogP contribution in [0.1, 0.15) is 42.0 Å². The van der Waals surface area contributed by atoms with Crippen molar-refractivity contribution < 1.29 is 0 Å². The number of nitrogens with two attached hydrogens (primary N) is 1. The maximum absolute atomic E-state index is 5.98. The van der Waals surface area contributed by atoms with Gasteiger partial charge in [0.1, 0.15) is 5.82 Å². The van der Waals surface area contributed by atoms with E-state index in [1.807, 2.05) is 10.9 Å². The summed E-state index contributed by atoms with van der Waals surface area (Å²) >= 11 is 0. The van der Waals surface area contributed by atoms with E-state index in [2.05, 4.69) is 51.9 Å². The van der Waals surface area contributed by atoms with E-state index in [0.717, 1.165) is 11.3 Å².